The molecule has 6 nitrogen and oxygen atoms in total. The van der Waals surface area contributed by atoms with Gasteiger partial charge in [0.05, 0.1) is 6.54 Å². The first kappa shape index (κ1) is 13.9. The predicted molar refractivity (Wildman–Crippen MR) is 67.1 cm³/mol. The Morgan fingerprint density at radius 1 is 1.39 bits per heavy atom. The van der Waals surface area contributed by atoms with Gasteiger partial charge in [0.15, 0.2) is 0 Å². The van der Waals surface area contributed by atoms with Crippen molar-refractivity contribution in [3.8, 4) is 5.75 Å². The van der Waals surface area contributed by atoms with Gasteiger partial charge in [-0.2, -0.15) is 0 Å². The van der Waals surface area contributed by atoms with Crippen molar-refractivity contribution < 1.29 is 19.8 Å². The molecule has 1 rings (SSSR count). The van der Waals surface area contributed by atoms with Gasteiger partial charge in [0.1, 0.15) is 11.3 Å². The van der Waals surface area contributed by atoms with E-state index in [-0.39, 0.29) is 22.8 Å². The van der Waals surface area contributed by atoms with Gasteiger partial charge in [-0.1, -0.05) is 18.2 Å². The van der Waals surface area contributed by atoms with Crippen LogP contribution in [0.25, 0.3) is 0 Å². The molecule has 2 amide bonds. The molecule has 0 heterocycles. The smallest absolute Gasteiger partial charge is 0.339 e. The lowest BCUT2D eigenvalue weighted by atomic mass is 10.2. The third-order valence-electron chi connectivity index (χ3n) is 1.93. The summed E-state index contributed by atoms with van der Waals surface area (Å²) >= 11 is 5.46. The molecule has 7 heteroatoms. The number of aromatic hydroxyl groups is 1. The van der Waals surface area contributed by atoms with Gasteiger partial charge >= 0.3 is 12.0 Å². The highest BCUT2D eigenvalue weighted by molar-refractivity contribution is 6.29. The van der Waals surface area contributed by atoms with Crippen LogP contribution >= 0.6 is 11.6 Å². The van der Waals surface area contributed by atoms with Gasteiger partial charge in [-0.25, -0.2) is 9.59 Å². The number of benzene rings is 1. The van der Waals surface area contributed by atoms with Crippen LogP contribution in [0.4, 0.5) is 10.5 Å². The summed E-state index contributed by atoms with van der Waals surface area (Å²) in [6.07, 6.45) is 0. The maximum absolute atomic E-state index is 11.3. The summed E-state index contributed by atoms with van der Waals surface area (Å²) in [4.78, 5) is 22.0. The minimum atomic E-state index is -1.25. The Morgan fingerprint density at radius 2 is 2.06 bits per heavy atom. The van der Waals surface area contributed by atoms with Gasteiger partial charge in [0, 0.05) is 16.8 Å². The summed E-state index contributed by atoms with van der Waals surface area (Å²) in [5, 5.41) is 23.2. The third kappa shape index (κ3) is 3.99. The van der Waals surface area contributed by atoms with Crippen LogP contribution in [0.5, 0.6) is 5.75 Å². The Morgan fingerprint density at radius 3 is 2.56 bits per heavy atom. The second-order valence-electron chi connectivity index (χ2n) is 3.36. The van der Waals surface area contributed by atoms with Gasteiger partial charge in [0.25, 0.3) is 0 Å². The topological polar surface area (TPSA) is 98.7 Å². The Kier molecular flexibility index (Phi) is 4.56. The average Bonchev–Trinajstić information content (AvgIpc) is 2.26. The van der Waals surface area contributed by atoms with Gasteiger partial charge in [-0.15, -0.1) is 0 Å². The van der Waals surface area contributed by atoms with Crippen LogP contribution in [0.3, 0.4) is 0 Å². The quantitative estimate of drug-likeness (QED) is 0.672. The zero-order valence-corrected chi connectivity index (χ0v) is 9.99. The van der Waals surface area contributed by atoms with Gasteiger partial charge in [-0.3, -0.25) is 0 Å². The molecule has 0 unspecified atom stereocenters. The molecule has 0 aliphatic carbocycles. The maximum Gasteiger partial charge on any atom is 0.339 e. The first-order valence-corrected chi connectivity index (χ1v) is 5.22. The molecular formula is C11H11ClN2O4. The number of carboxylic acids is 1. The average molecular weight is 271 g/mol. The predicted octanol–water partition coefficient (Wildman–Crippen LogP) is 1.96. The highest BCUT2D eigenvalue weighted by Gasteiger charge is 2.10. The molecule has 0 aliphatic rings. The van der Waals surface area contributed by atoms with E-state index in [1.54, 1.807) is 0 Å². The van der Waals surface area contributed by atoms with Crippen LogP contribution in [0, 0.1) is 0 Å². The zero-order chi connectivity index (χ0) is 13.7. The molecule has 0 aliphatic heterocycles. The van der Waals surface area contributed by atoms with E-state index < -0.39 is 17.7 Å². The van der Waals surface area contributed by atoms with Crippen LogP contribution in [0.15, 0.2) is 29.8 Å². The van der Waals surface area contributed by atoms with Crippen LogP contribution in [-0.2, 0) is 0 Å². The first-order valence-electron chi connectivity index (χ1n) is 4.84. The highest BCUT2D eigenvalue weighted by atomic mass is 35.5. The third-order valence-corrected chi connectivity index (χ3v) is 2.06. The molecule has 0 saturated heterocycles. The van der Waals surface area contributed by atoms with E-state index >= 15 is 0 Å². The molecule has 18 heavy (non-hydrogen) atoms. The fourth-order valence-electron chi connectivity index (χ4n) is 1.14. The number of aromatic carboxylic acids is 1. The number of amides is 2. The van der Waals surface area contributed by atoms with Crippen LogP contribution in [0.2, 0.25) is 0 Å². The van der Waals surface area contributed by atoms with Crippen LogP contribution in [-0.4, -0.2) is 28.8 Å². The van der Waals surface area contributed by atoms with Crippen molar-refractivity contribution >= 4 is 29.3 Å². The molecule has 4 N–H and O–H groups in total. The number of phenols is 1. The lowest BCUT2D eigenvalue weighted by Gasteiger charge is -2.08. The van der Waals surface area contributed by atoms with E-state index in [1.807, 2.05) is 0 Å². The molecular weight excluding hydrogens is 260 g/mol. The number of carbonyl (C=O) groups excluding carboxylic acids is 1. The Hall–Kier alpha value is -2.21. The lowest BCUT2D eigenvalue weighted by Crippen LogP contribution is -2.29. The first-order chi connectivity index (χ1) is 8.40. The Balaban J connectivity index is 2.69. The molecule has 0 atom stereocenters. The molecule has 0 fully saturated rings. The molecule has 0 aromatic heterocycles. The maximum atomic E-state index is 11.3. The standard InChI is InChI=1S/C11H11ClN2O4/c1-6(12)5-13-11(18)14-7-2-3-8(10(16)17)9(15)4-7/h2-4,15H,1,5H2,(H,16,17)(H2,13,14,18). The van der Waals surface area contributed by atoms with Gasteiger partial charge in [-0.05, 0) is 12.1 Å². The van der Waals surface area contributed by atoms with Gasteiger partial charge < -0.3 is 20.8 Å². The summed E-state index contributed by atoms with van der Waals surface area (Å²) in [5.74, 6) is -1.68. The molecule has 0 saturated carbocycles. The number of urea groups is 1. The van der Waals surface area contributed by atoms with E-state index in [4.69, 9.17) is 16.7 Å². The summed E-state index contributed by atoms with van der Waals surface area (Å²) in [5.41, 5.74) is 0.0188. The molecule has 96 valence electrons. The van der Waals surface area contributed by atoms with Crippen molar-refractivity contribution in [1.29, 1.82) is 0 Å². The number of nitrogens with one attached hydrogen (secondary N) is 2. The van der Waals surface area contributed by atoms with Crippen molar-refractivity contribution in [3.05, 3.63) is 35.4 Å². The summed E-state index contributed by atoms with van der Waals surface area (Å²) in [6.45, 7) is 3.50. The van der Waals surface area contributed by atoms with Crippen molar-refractivity contribution in [2.45, 2.75) is 0 Å². The van der Waals surface area contributed by atoms with E-state index in [9.17, 15) is 14.7 Å². The monoisotopic (exact) mass is 270 g/mol. The molecule has 0 radical (unpaired) electrons. The minimum Gasteiger partial charge on any atom is -0.507 e. The largest absolute Gasteiger partial charge is 0.507 e. The Bertz CT molecular complexity index is 502. The number of hydrogen-bond acceptors (Lipinski definition) is 3. The summed E-state index contributed by atoms with van der Waals surface area (Å²) < 4.78 is 0. The summed E-state index contributed by atoms with van der Waals surface area (Å²) in [7, 11) is 0. The number of carboxylic acid groups (broad SMARTS) is 1. The SMILES string of the molecule is C=C(Cl)CNC(=O)Nc1ccc(C(=O)O)c(O)c1. The van der Waals surface area contributed by atoms with E-state index in [1.165, 1.54) is 12.1 Å². The molecule has 1 aromatic rings. The van der Waals surface area contributed by atoms with Crippen molar-refractivity contribution in [2.24, 2.45) is 0 Å². The van der Waals surface area contributed by atoms with Crippen molar-refractivity contribution in [3.63, 3.8) is 0 Å². The number of hydrogen-bond donors (Lipinski definition) is 4. The normalized spacial score (nSPS) is 9.61. The second kappa shape index (κ2) is 5.92. The van der Waals surface area contributed by atoms with Gasteiger partial charge in [0.2, 0.25) is 0 Å². The fourth-order valence-corrected chi connectivity index (χ4v) is 1.21. The van der Waals surface area contributed by atoms with Crippen LogP contribution < -0.4 is 10.6 Å². The molecule has 1 aromatic carbocycles. The highest BCUT2D eigenvalue weighted by Crippen LogP contribution is 2.21. The van der Waals surface area contributed by atoms with Crippen molar-refractivity contribution in [2.75, 3.05) is 11.9 Å². The fraction of sp³-hybridized carbons (Fsp3) is 0.0909. The number of carbonyl (C=O) groups is 2. The number of anilines is 1. The second-order valence-corrected chi connectivity index (χ2v) is 3.90. The van der Waals surface area contributed by atoms with E-state index in [0.29, 0.717) is 0 Å². The number of rotatable bonds is 4. The molecule has 0 spiro atoms. The van der Waals surface area contributed by atoms with Crippen LogP contribution in [0.1, 0.15) is 10.4 Å². The van der Waals surface area contributed by atoms with Crippen molar-refractivity contribution in [1.82, 2.24) is 5.32 Å². The molecule has 0 bridgehead atoms. The Labute approximate surface area is 108 Å². The summed E-state index contributed by atoms with van der Waals surface area (Å²) in [6, 6.07) is 3.14. The minimum absolute atomic E-state index is 0.104. The van der Waals surface area contributed by atoms with E-state index in [2.05, 4.69) is 17.2 Å². The lowest BCUT2D eigenvalue weighted by molar-refractivity contribution is 0.0694. The zero-order valence-electron chi connectivity index (χ0n) is 9.24. The number of halogens is 1. The van der Waals surface area contributed by atoms with E-state index in [0.717, 1.165) is 6.07 Å².